The molecule has 1 amide bonds. The molecule has 0 aliphatic carbocycles. The standard InChI is InChI=1S/C17H18ClNO3/c1-11-8-16(20)14(10-15(11)18)12-4-3-5-13(9-12)17(21)19-6-7-22-2/h3-5,8-10,20H,6-7H2,1-2H3,(H,19,21). The number of carbonyl (C=O) groups excluding carboxylic acids is 1. The van der Waals surface area contributed by atoms with E-state index in [9.17, 15) is 9.90 Å². The van der Waals surface area contributed by atoms with E-state index in [1.807, 2.05) is 13.0 Å². The number of methoxy groups -OCH3 is 1. The minimum Gasteiger partial charge on any atom is -0.507 e. The van der Waals surface area contributed by atoms with Crippen LogP contribution in [0.1, 0.15) is 15.9 Å². The summed E-state index contributed by atoms with van der Waals surface area (Å²) in [4.78, 5) is 12.1. The average molecular weight is 320 g/mol. The van der Waals surface area contributed by atoms with E-state index in [-0.39, 0.29) is 11.7 Å². The maximum Gasteiger partial charge on any atom is 0.251 e. The van der Waals surface area contributed by atoms with Gasteiger partial charge in [0, 0.05) is 29.8 Å². The van der Waals surface area contributed by atoms with Gasteiger partial charge in [0.05, 0.1) is 6.61 Å². The van der Waals surface area contributed by atoms with E-state index in [0.29, 0.717) is 29.3 Å². The van der Waals surface area contributed by atoms with Gasteiger partial charge in [-0.25, -0.2) is 0 Å². The maximum absolute atomic E-state index is 12.1. The van der Waals surface area contributed by atoms with Gasteiger partial charge in [-0.05, 0) is 42.3 Å². The number of amides is 1. The number of ether oxygens (including phenoxy) is 1. The van der Waals surface area contributed by atoms with Gasteiger partial charge >= 0.3 is 0 Å². The zero-order valence-electron chi connectivity index (χ0n) is 12.5. The Morgan fingerprint density at radius 3 is 2.82 bits per heavy atom. The normalized spacial score (nSPS) is 10.5. The van der Waals surface area contributed by atoms with Gasteiger partial charge in [-0.2, -0.15) is 0 Å². The van der Waals surface area contributed by atoms with E-state index >= 15 is 0 Å². The van der Waals surface area contributed by atoms with Gasteiger partial charge in [-0.15, -0.1) is 0 Å². The molecule has 0 aliphatic heterocycles. The first-order valence-electron chi connectivity index (χ1n) is 6.89. The molecule has 0 atom stereocenters. The second-order valence-corrected chi connectivity index (χ2v) is 5.36. The van der Waals surface area contributed by atoms with Crippen LogP contribution in [0.3, 0.4) is 0 Å². The van der Waals surface area contributed by atoms with Crippen LogP contribution in [0.4, 0.5) is 0 Å². The zero-order chi connectivity index (χ0) is 16.1. The molecule has 0 aliphatic rings. The Kier molecular flexibility index (Phi) is 5.41. The molecule has 0 heterocycles. The number of benzene rings is 2. The first kappa shape index (κ1) is 16.3. The van der Waals surface area contributed by atoms with Crippen molar-refractivity contribution in [3.05, 3.63) is 52.5 Å². The van der Waals surface area contributed by atoms with Crippen LogP contribution >= 0.6 is 11.6 Å². The molecule has 0 saturated carbocycles. The molecule has 2 N–H and O–H groups in total. The van der Waals surface area contributed by atoms with E-state index in [2.05, 4.69) is 5.32 Å². The molecular weight excluding hydrogens is 302 g/mol. The largest absolute Gasteiger partial charge is 0.507 e. The minimum absolute atomic E-state index is 0.138. The van der Waals surface area contributed by atoms with E-state index in [0.717, 1.165) is 11.1 Å². The van der Waals surface area contributed by atoms with Gasteiger partial charge in [0.1, 0.15) is 5.75 Å². The molecular formula is C17H18ClNO3. The molecule has 2 aromatic rings. The maximum atomic E-state index is 12.1. The van der Waals surface area contributed by atoms with Gasteiger partial charge in [-0.3, -0.25) is 4.79 Å². The van der Waals surface area contributed by atoms with Crippen LogP contribution in [0, 0.1) is 6.92 Å². The second kappa shape index (κ2) is 7.29. The number of hydrogen-bond acceptors (Lipinski definition) is 3. The number of aryl methyl sites for hydroxylation is 1. The van der Waals surface area contributed by atoms with Crippen LogP contribution in [0.15, 0.2) is 36.4 Å². The summed E-state index contributed by atoms with van der Waals surface area (Å²) >= 11 is 6.12. The number of halogens is 1. The van der Waals surface area contributed by atoms with Crippen molar-refractivity contribution in [3.63, 3.8) is 0 Å². The van der Waals surface area contributed by atoms with Crippen LogP contribution in [-0.2, 0) is 4.74 Å². The first-order valence-corrected chi connectivity index (χ1v) is 7.27. The summed E-state index contributed by atoms with van der Waals surface area (Å²) in [6.07, 6.45) is 0. The summed E-state index contributed by atoms with van der Waals surface area (Å²) in [6, 6.07) is 10.4. The third-order valence-corrected chi connectivity index (χ3v) is 3.71. The molecule has 0 aromatic heterocycles. The molecule has 5 heteroatoms. The molecule has 4 nitrogen and oxygen atoms in total. The topological polar surface area (TPSA) is 58.6 Å². The Bertz CT molecular complexity index is 686. The Hall–Kier alpha value is -2.04. The van der Waals surface area contributed by atoms with Gasteiger partial charge in [-0.1, -0.05) is 23.7 Å². The molecule has 0 fully saturated rings. The van der Waals surface area contributed by atoms with Gasteiger partial charge < -0.3 is 15.2 Å². The molecule has 0 spiro atoms. The van der Waals surface area contributed by atoms with Gasteiger partial charge in [0.15, 0.2) is 0 Å². The lowest BCUT2D eigenvalue weighted by atomic mass is 10.0. The van der Waals surface area contributed by atoms with Crippen molar-refractivity contribution in [3.8, 4) is 16.9 Å². The van der Waals surface area contributed by atoms with Crippen molar-refractivity contribution in [2.24, 2.45) is 0 Å². The summed E-state index contributed by atoms with van der Waals surface area (Å²) in [6.45, 7) is 2.73. The van der Waals surface area contributed by atoms with Crippen molar-refractivity contribution in [1.29, 1.82) is 0 Å². The van der Waals surface area contributed by atoms with Crippen molar-refractivity contribution in [2.75, 3.05) is 20.3 Å². The van der Waals surface area contributed by atoms with E-state index in [1.165, 1.54) is 0 Å². The van der Waals surface area contributed by atoms with Gasteiger partial charge in [0.2, 0.25) is 0 Å². The summed E-state index contributed by atoms with van der Waals surface area (Å²) < 4.78 is 4.90. The van der Waals surface area contributed by atoms with Crippen molar-refractivity contribution in [2.45, 2.75) is 6.92 Å². The van der Waals surface area contributed by atoms with Crippen LogP contribution in [0.25, 0.3) is 11.1 Å². The summed E-state index contributed by atoms with van der Waals surface area (Å²) in [5, 5.41) is 13.4. The monoisotopic (exact) mass is 319 g/mol. The fraction of sp³-hybridized carbons (Fsp3) is 0.235. The third kappa shape index (κ3) is 3.78. The smallest absolute Gasteiger partial charge is 0.251 e. The number of carbonyl (C=O) groups is 1. The Morgan fingerprint density at radius 2 is 2.09 bits per heavy atom. The highest BCUT2D eigenvalue weighted by atomic mass is 35.5. The number of phenolic OH excluding ortho intramolecular Hbond substituents is 1. The lowest BCUT2D eigenvalue weighted by Gasteiger charge is -2.10. The number of rotatable bonds is 5. The highest BCUT2D eigenvalue weighted by Crippen LogP contribution is 2.34. The molecule has 0 saturated heterocycles. The number of nitrogens with one attached hydrogen (secondary N) is 1. The van der Waals surface area contributed by atoms with E-state index in [4.69, 9.17) is 16.3 Å². The highest BCUT2D eigenvalue weighted by molar-refractivity contribution is 6.31. The second-order valence-electron chi connectivity index (χ2n) is 4.95. The summed E-state index contributed by atoms with van der Waals surface area (Å²) in [5.41, 5.74) is 2.65. The molecule has 0 radical (unpaired) electrons. The SMILES string of the molecule is COCCNC(=O)c1cccc(-c2cc(Cl)c(C)cc2O)c1. The zero-order valence-corrected chi connectivity index (χ0v) is 13.3. The Labute approximate surface area is 134 Å². The molecule has 116 valence electrons. The summed E-state index contributed by atoms with van der Waals surface area (Å²) in [5.74, 6) is -0.0459. The molecule has 2 rings (SSSR count). The quantitative estimate of drug-likeness (QED) is 0.830. The van der Waals surface area contributed by atoms with Crippen LogP contribution in [-0.4, -0.2) is 31.3 Å². The highest BCUT2D eigenvalue weighted by Gasteiger charge is 2.11. The summed E-state index contributed by atoms with van der Waals surface area (Å²) in [7, 11) is 1.58. The fourth-order valence-electron chi connectivity index (χ4n) is 2.09. The van der Waals surface area contributed by atoms with Crippen LogP contribution < -0.4 is 5.32 Å². The van der Waals surface area contributed by atoms with Crippen molar-refractivity contribution < 1.29 is 14.6 Å². The lowest BCUT2D eigenvalue weighted by Crippen LogP contribution is -2.26. The minimum atomic E-state index is -0.184. The molecule has 22 heavy (non-hydrogen) atoms. The number of hydrogen-bond donors (Lipinski definition) is 2. The fourth-order valence-corrected chi connectivity index (χ4v) is 2.26. The molecule has 2 aromatic carbocycles. The number of phenols is 1. The van der Waals surface area contributed by atoms with Crippen molar-refractivity contribution in [1.82, 2.24) is 5.32 Å². The number of aromatic hydroxyl groups is 1. The third-order valence-electron chi connectivity index (χ3n) is 3.30. The Morgan fingerprint density at radius 1 is 1.32 bits per heavy atom. The van der Waals surface area contributed by atoms with Gasteiger partial charge in [0.25, 0.3) is 5.91 Å². The van der Waals surface area contributed by atoms with Crippen LogP contribution in [0.5, 0.6) is 5.75 Å². The first-order chi connectivity index (χ1) is 10.5. The average Bonchev–Trinajstić information content (AvgIpc) is 2.51. The van der Waals surface area contributed by atoms with Crippen LogP contribution in [0.2, 0.25) is 5.02 Å². The molecule has 0 bridgehead atoms. The van der Waals surface area contributed by atoms with E-state index < -0.39 is 0 Å². The van der Waals surface area contributed by atoms with Crippen molar-refractivity contribution >= 4 is 17.5 Å². The Balaban J connectivity index is 2.29. The van der Waals surface area contributed by atoms with E-state index in [1.54, 1.807) is 37.4 Å². The molecule has 0 unspecified atom stereocenters. The lowest BCUT2D eigenvalue weighted by molar-refractivity contribution is 0.0937. The predicted molar refractivity (Wildman–Crippen MR) is 87.5 cm³/mol. The predicted octanol–water partition coefficient (Wildman–Crippen LogP) is 3.40.